The second-order valence-electron chi connectivity index (χ2n) is 5.23. The molecule has 0 aliphatic heterocycles. The van der Waals surface area contributed by atoms with Crippen LogP contribution in [0.15, 0.2) is 6.33 Å². The predicted molar refractivity (Wildman–Crippen MR) is 68.8 cm³/mol. The third-order valence-corrected chi connectivity index (χ3v) is 3.32. The number of aryl methyl sites for hydroxylation is 2. The van der Waals surface area contributed by atoms with E-state index in [1.54, 1.807) is 6.33 Å². The van der Waals surface area contributed by atoms with Gasteiger partial charge in [0, 0.05) is 19.0 Å². The summed E-state index contributed by atoms with van der Waals surface area (Å²) in [6.07, 6.45) is 7.79. The fourth-order valence-corrected chi connectivity index (χ4v) is 2.01. The summed E-state index contributed by atoms with van der Waals surface area (Å²) in [7, 11) is 0. The quantitative estimate of drug-likeness (QED) is 0.751. The summed E-state index contributed by atoms with van der Waals surface area (Å²) in [5.41, 5.74) is 0. The van der Waals surface area contributed by atoms with Crippen LogP contribution in [-0.4, -0.2) is 27.4 Å². The van der Waals surface area contributed by atoms with Crippen LogP contribution >= 0.6 is 0 Å². The van der Waals surface area contributed by atoms with E-state index in [0.717, 1.165) is 43.7 Å². The summed E-state index contributed by atoms with van der Waals surface area (Å²) in [6.45, 7) is 6.63. The summed E-state index contributed by atoms with van der Waals surface area (Å²) in [5.74, 6) is 1.87. The molecule has 1 atom stereocenters. The Balaban J connectivity index is 1.69. The molecule has 2 rings (SSSR count). The average molecular weight is 236 g/mol. The molecule has 1 aliphatic carbocycles. The number of hydrogen-bond acceptors (Lipinski definition) is 3. The standard InChI is InChI=1S/C13H24N4/c1-3-8-17-13(15-10-16-17)7-4-11(2)9-14-12-5-6-12/h10-12,14H,3-9H2,1-2H3. The van der Waals surface area contributed by atoms with Crippen LogP contribution < -0.4 is 5.32 Å². The molecule has 1 unspecified atom stereocenters. The van der Waals surface area contributed by atoms with Gasteiger partial charge in [-0.1, -0.05) is 13.8 Å². The van der Waals surface area contributed by atoms with Crippen molar-refractivity contribution in [2.24, 2.45) is 5.92 Å². The molecule has 17 heavy (non-hydrogen) atoms. The maximum Gasteiger partial charge on any atom is 0.138 e. The Morgan fingerprint density at radius 3 is 3.06 bits per heavy atom. The Hall–Kier alpha value is -0.900. The Morgan fingerprint density at radius 1 is 1.53 bits per heavy atom. The molecule has 1 aliphatic rings. The van der Waals surface area contributed by atoms with E-state index in [4.69, 9.17) is 0 Å². The molecule has 0 amide bonds. The lowest BCUT2D eigenvalue weighted by Gasteiger charge is -2.12. The van der Waals surface area contributed by atoms with Crippen molar-refractivity contribution in [3.05, 3.63) is 12.2 Å². The van der Waals surface area contributed by atoms with Crippen molar-refractivity contribution in [3.8, 4) is 0 Å². The van der Waals surface area contributed by atoms with Crippen LogP contribution in [0.25, 0.3) is 0 Å². The maximum atomic E-state index is 4.35. The van der Waals surface area contributed by atoms with Crippen LogP contribution in [0.2, 0.25) is 0 Å². The van der Waals surface area contributed by atoms with Gasteiger partial charge in [-0.15, -0.1) is 0 Å². The molecular formula is C13H24N4. The van der Waals surface area contributed by atoms with Crippen LogP contribution in [-0.2, 0) is 13.0 Å². The van der Waals surface area contributed by atoms with Crippen LogP contribution in [0.5, 0.6) is 0 Å². The Morgan fingerprint density at radius 2 is 2.35 bits per heavy atom. The molecule has 4 nitrogen and oxygen atoms in total. The van der Waals surface area contributed by atoms with Gasteiger partial charge in [0.2, 0.25) is 0 Å². The summed E-state index contributed by atoms with van der Waals surface area (Å²) >= 11 is 0. The zero-order chi connectivity index (χ0) is 12.1. The van der Waals surface area contributed by atoms with E-state index < -0.39 is 0 Å². The normalized spacial score (nSPS) is 17.3. The molecule has 0 radical (unpaired) electrons. The van der Waals surface area contributed by atoms with Gasteiger partial charge < -0.3 is 5.32 Å². The average Bonchev–Trinajstić information content (AvgIpc) is 3.05. The summed E-state index contributed by atoms with van der Waals surface area (Å²) in [4.78, 5) is 4.35. The third-order valence-electron chi connectivity index (χ3n) is 3.32. The van der Waals surface area contributed by atoms with Crippen molar-refractivity contribution >= 4 is 0 Å². The van der Waals surface area contributed by atoms with E-state index in [1.165, 1.54) is 19.3 Å². The molecule has 0 bridgehead atoms. The van der Waals surface area contributed by atoms with Crippen molar-refractivity contribution in [1.82, 2.24) is 20.1 Å². The highest BCUT2D eigenvalue weighted by Gasteiger charge is 2.20. The number of rotatable bonds is 8. The zero-order valence-electron chi connectivity index (χ0n) is 11.0. The van der Waals surface area contributed by atoms with E-state index in [-0.39, 0.29) is 0 Å². The molecule has 1 N–H and O–H groups in total. The molecule has 1 heterocycles. The van der Waals surface area contributed by atoms with Crippen molar-refractivity contribution in [2.75, 3.05) is 6.54 Å². The topological polar surface area (TPSA) is 42.7 Å². The van der Waals surface area contributed by atoms with Crippen molar-refractivity contribution in [2.45, 2.75) is 58.5 Å². The van der Waals surface area contributed by atoms with Crippen LogP contribution in [0.3, 0.4) is 0 Å². The van der Waals surface area contributed by atoms with Crippen LogP contribution in [0, 0.1) is 5.92 Å². The second kappa shape index (κ2) is 6.15. The lowest BCUT2D eigenvalue weighted by molar-refractivity contribution is 0.463. The first-order valence-electron chi connectivity index (χ1n) is 6.89. The fourth-order valence-electron chi connectivity index (χ4n) is 2.01. The van der Waals surface area contributed by atoms with Crippen molar-refractivity contribution in [1.29, 1.82) is 0 Å². The largest absolute Gasteiger partial charge is 0.314 e. The van der Waals surface area contributed by atoms with Gasteiger partial charge in [-0.3, -0.25) is 4.68 Å². The molecule has 1 aromatic heterocycles. The second-order valence-corrected chi connectivity index (χ2v) is 5.23. The van der Waals surface area contributed by atoms with Gasteiger partial charge in [-0.25, -0.2) is 4.98 Å². The van der Waals surface area contributed by atoms with Gasteiger partial charge in [0.1, 0.15) is 12.2 Å². The molecule has 1 fully saturated rings. The van der Waals surface area contributed by atoms with E-state index in [2.05, 4.69) is 29.2 Å². The first-order valence-corrected chi connectivity index (χ1v) is 6.89. The third kappa shape index (κ3) is 4.11. The number of nitrogens with one attached hydrogen (secondary N) is 1. The monoisotopic (exact) mass is 236 g/mol. The highest BCUT2D eigenvalue weighted by molar-refractivity contribution is 4.86. The van der Waals surface area contributed by atoms with E-state index >= 15 is 0 Å². The molecular weight excluding hydrogens is 212 g/mol. The minimum absolute atomic E-state index is 0.724. The Labute approximate surface area is 104 Å². The van der Waals surface area contributed by atoms with Gasteiger partial charge in [0.05, 0.1) is 0 Å². The summed E-state index contributed by atoms with van der Waals surface area (Å²) in [6, 6.07) is 0.821. The zero-order valence-corrected chi connectivity index (χ0v) is 11.0. The molecule has 4 heteroatoms. The van der Waals surface area contributed by atoms with E-state index in [9.17, 15) is 0 Å². The van der Waals surface area contributed by atoms with Crippen LogP contribution in [0.1, 0.15) is 45.4 Å². The highest BCUT2D eigenvalue weighted by Crippen LogP contribution is 2.19. The van der Waals surface area contributed by atoms with Crippen molar-refractivity contribution < 1.29 is 0 Å². The van der Waals surface area contributed by atoms with Gasteiger partial charge in [-0.2, -0.15) is 5.10 Å². The fraction of sp³-hybridized carbons (Fsp3) is 0.846. The maximum absolute atomic E-state index is 4.35. The lowest BCUT2D eigenvalue weighted by Crippen LogP contribution is -2.23. The van der Waals surface area contributed by atoms with Crippen molar-refractivity contribution in [3.63, 3.8) is 0 Å². The smallest absolute Gasteiger partial charge is 0.138 e. The van der Waals surface area contributed by atoms with Gasteiger partial charge in [0.15, 0.2) is 0 Å². The minimum atomic E-state index is 0.724. The lowest BCUT2D eigenvalue weighted by atomic mass is 10.1. The molecule has 0 saturated heterocycles. The minimum Gasteiger partial charge on any atom is -0.314 e. The molecule has 0 spiro atoms. The molecule has 1 aromatic rings. The number of nitrogens with zero attached hydrogens (tertiary/aromatic N) is 3. The molecule has 1 saturated carbocycles. The molecule has 96 valence electrons. The van der Waals surface area contributed by atoms with E-state index in [1.807, 2.05) is 4.68 Å². The Bertz CT molecular complexity index is 330. The number of hydrogen-bond donors (Lipinski definition) is 1. The number of aromatic nitrogens is 3. The van der Waals surface area contributed by atoms with Crippen LogP contribution in [0.4, 0.5) is 0 Å². The summed E-state index contributed by atoms with van der Waals surface area (Å²) in [5, 5.41) is 7.84. The first kappa shape index (κ1) is 12.6. The Kier molecular flexibility index (Phi) is 4.54. The predicted octanol–water partition coefficient (Wildman–Crippen LogP) is 2.01. The SMILES string of the molecule is CCCn1ncnc1CCC(C)CNC1CC1. The van der Waals surface area contributed by atoms with Gasteiger partial charge >= 0.3 is 0 Å². The first-order chi connectivity index (χ1) is 8.29. The van der Waals surface area contributed by atoms with Gasteiger partial charge in [0.25, 0.3) is 0 Å². The summed E-state index contributed by atoms with van der Waals surface area (Å²) < 4.78 is 2.04. The highest BCUT2D eigenvalue weighted by atomic mass is 15.3. The van der Waals surface area contributed by atoms with E-state index in [0.29, 0.717) is 0 Å². The van der Waals surface area contributed by atoms with Gasteiger partial charge in [-0.05, 0) is 38.1 Å². The molecule has 0 aromatic carbocycles.